The number of aryl methyl sites for hydroxylation is 1. The van der Waals surface area contributed by atoms with Crippen LogP contribution in [-0.2, 0) is 16.0 Å². The molecule has 39 heavy (non-hydrogen) atoms. The smallest absolute Gasteiger partial charge is 0.301 e. The maximum atomic E-state index is 13.5. The Morgan fingerprint density at radius 2 is 2.03 bits per heavy atom. The van der Waals surface area contributed by atoms with Gasteiger partial charge in [-0.25, -0.2) is 4.98 Å². The number of aliphatic hydroxyl groups excluding tert-OH is 1. The number of hydrogen-bond acceptors (Lipinski definition) is 8. The normalized spacial score (nSPS) is 19.7. The highest BCUT2D eigenvalue weighted by molar-refractivity contribution is 7.18. The van der Waals surface area contributed by atoms with Crippen molar-refractivity contribution in [3.63, 3.8) is 0 Å². The van der Waals surface area contributed by atoms with E-state index in [1.807, 2.05) is 13.0 Å². The number of amides is 1. The van der Waals surface area contributed by atoms with Crippen LogP contribution in [0.15, 0.2) is 48.0 Å². The van der Waals surface area contributed by atoms with Crippen molar-refractivity contribution in [3.8, 4) is 11.5 Å². The number of aliphatic hydroxyl groups is 1. The molecule has 9 heteroatoms. The van der Waals surface area contributed by atoms with Gasteiger partial charge in [-0.2, -0.15) is 0 Å². The first-order chi connectivity index (χ1) is 18.7. The van der Waals surface area contributed by atoms with Crippen LogP contribution in [0.3, 0.4) is 0 Å². The average molecular weight is 547 g/mol. The van der Waals surface area contributed by atoms with Crippen LogP contribution in [0.25, 0.3) is 5.76 Å². The summed E-state index contributed by atoms with van der Waals surface area (Å²) in [5.41, 5.74) is 2.36. The monoisotopic (exact) mass is 546 g/mol. The third kappa shape index (κ3) is 4.94. The van der Waals surface area contributed by atoms with E-state index >= 15 is 0 Å². The van der Waals surface area contributed by atoms with Gasteiger partial charge in [0.25, 0.3) is 5.78 Å². The Balaban J connectivity index is 1.66. The van der Waals surface area contributed by atoms with Gasteiger partial charge in [0, 0.05) is 18.9 Å². The van der Waals surface area contributed by atoms with Gasteiger partial charge in [-0.1, -0.05) is 36.8 Å². The van der Waals surface area contributed by atoms with Gasteiger partial charge < -0.3 is 14.6 Å². The van der Waals surface area contributed by atoms with E-state index in [4.69, 9.17) is 9.47 Å². The zero-order chi connectivity index (χ0) is 27.8. The quantitative estimate of drug-likeness (QED) is 0.125. The number of fused-ring (bicyclic) bond motifs is 1. The summed E-state index contributed by atoms with van der Waals surface area (Å²) in [6.45, 7) is 7.70. The maximum Gasteiger partial charge on any atom is 0.301 e. The minimum Gasteiger partial charge on any atom is -0.507 e. The van der Waals surface area contributed by atoms with Crippen LogP contribution in [0.4, 0.5) is 5.13 Å². The lowest BCUT2D eigenvalue weighted by Crippen LogP contribution is -2.29. The molecule has 1 aromatic heterocycles. The Hall–Kier alpha value is -3.98. The number of carbonyl (C=O) groups is 3. The second-order valence-electron chi connectivity index (χ2n) is 9.87. The van der Waals surface area contributed by atoms with Crippen LogP contribution in [-0.4, -0.2) is 40.3 Å². The van der Waals surface area contributed by atoms with E-state index in [9.17, 15) is 19.5 Å². The minimum absolute atomic E-state index is 0.0158. The molecule has 1 fully saturated rings. The first kappa shape index (κ1) is 26.6. The largest absolute Gasteiger partial charge is 0.507 e. The van der Waals surface area contributed by atoms with E-state index < -0.39 is 17.7 Å². The molecule has 2 atom stereocenters. The predicted molar refractivity (Wildman–Crippen MR) is 149 cm³/mol. The first-order valence-electron chi connectivity index (χ1n) is 13.0. The van der Waals surface area contributed by atoms with Gasteiger partial charge in [0.15, 0.2) is 10.9 Å². The molecule has 2 aliphatic rings. The van der Waals surface area contributed by atoms with Crippen LogP contribution in [0.5, 0.6) is 11.5 Å². The van der Waals surface area contributed by atoms with Gasteiger partial charge in [-0.3, -0.25) is 19.3 Å². The van der Waals surface area contributed by atoms with Crippen molar-refractivity contribution in [2.45, 2.75) is 59.1 Å². The number of hydrogen-bond donors (Lipinski definition) is 1. The lowest BCUT2D eigenvalue weighted by Gasteiger charge is -2.23. The van der Waals surface area contributed by atoms with Gasteiger partial charge in [0.1, 0.15) is 23.4 Å². The summed E-state index contributed by atoms with van der Waals surface area (Å²) >= 11 is 1.06. The Kier molecular flexibility index (Phi) is 7.27. The molecule has 0 unspecified atom stereocenters. The highest BCUT2D eigenvalue weighted by Crippen LogP contribution is 2.45. The highest BCUT2D eigenvalue weighted by atomic mass is 32.1. The van der Waals surface area contributed by atoms with E-state index in [2.05, 4.69) is 11.9 Å². The third-order valence-electron chi connectivity index (χ3n) is 6.87. The number of carbonyl (C=O) groups excluding carboxylic acids is 3. The number of nitrogens with zero attached hydrogens (tertiary/aromatic N) is 2. The molecule has 0 spiro atoms. The molecule has 0 radical (unpaired) electrons. The summed E-state index contributed by atoms with van der Waals surface area (Å²) in [5.74, 6) is -0.762. The van der Waals surface area contributed by atoms with Crippen molar-refractivity contribution >= 4 is 39.7 Å². The molecule has 0 saturated carbocycles. The number of ketones is 2. The SMILES string of the molecule is CCCCOc1cccc([C@H]2/C(=C(\O)c3ccc4c(c3)C[C@@H](C)O4)C(=O)C(=O)N2c2nc(C)c(C(C)=O)s2)c1. The van der Waals surface area contributed by atoms with Crippen molar-refractivity contribution in [2.24, 2.45) is 0 Å². The van der Waals surface area contributed by atoms with Crippen molar-refractivity contribution in [2.75, 3.05) is 11.5 Å². The molecule has 2 aliphatic heterocycles. The number of Topliss-reactive ketones (excluding diaryl/α,β-unsaturated/α-hetero) is 2. The summed E-state index contributed by atoms with van der Waals surface area (Å²) in [5, 5.41) is 11.7. The maximum absolute atomic E-state index is 13.5. The van der Waals surface area contributed by atoms with E-state index in [0.29, 0.717) is 40.5 Å². The molecule has 8 nitrogen and oxygen atoms in total. The fraction of sp³-hybridized carbons (Fsp3) is 0.333. The first-order valence-corrected chi connectivity index (χ1v) is 13.8. The lowest BCUT2D eigenvalue weighted by molar-refractivity contribution is -0.132. The predicted octanol–water partition coefficient (Wildman–Crippen LogP) is 5.78. The number of unbranched alkanes of at least 4 members (excludes halogenated alkanes) is 1. The summed E-state index contributed by atoms with van der Waals surface area (Å²) in [6.07, 6.45) is 2.56. The molecule has 1 saturated heterocycles. The van der Waals surface area contributed by atoms with Gasteiger partial charge in [0.05, 0.1) is 28.8 Å². The standard InChI is InChI=1S/C30H30N2O6S/c1-5-6-12-37-22-9-7-8-19(15-22)25-24(26(34)20-10-11-23-21(14-20)13-16(2)38-23)27(35)29(36)32(25)30-31-17(3)28(39-30)18(4)33/h7-11,14-16,25,34H,5-6,12-13H2,1-4H3/b26-24+/t16-,25+/m1/s1. The summed E-state index contributed by atoms with van der Waals surface area (Å²) in [6, 6.07) is 11.4. The molecule has 1 N–H and O–H groups in total. The molecule has 0 aliphatic carbocycles. The van der Waals surface area contributed by atoms with Crippen LogP contribution >= 0.6 is 11.3 Å². The number of aromatic nitrogens is 1. The van der Waals surface area contributed by atoms with E-state index in [1.54, 1.807) is 43.3 Å². The fourth-order valence-electron chi connectivity index (χ4n) is 4.99. The van der Waals surface area contributed by atoms with E-state index in [0.717, 1.165) is 35.5 Å². The topological polar surface area (TPSA) is 106 Å². The average Bonchev–Trinajstić information content (AvgIpc) is 3.56. The van der Waals surface area contributed by atoms with Gasteiger partial charge in [-0.05, 0) is 61.7 Å². The zero-order valence-electron chi connectivity index (χ0n) is 22.3. The number of anilines is 1. The van der Waals surface area contributed by atoms with Gasteiger partial charge >= 0.3 is 5.91 Å². The molecule has 2 aromatic carbocycles. The summed E-state index contributed by atoms with van der Waals surface area (Å²) in [4.78, 5) is 45.4. The van der Waals surface area contributed by atoms with Crippen molar-refractivity contribution in [1.82, 2.24) is 4.98 Å². The lowest BCUT2D eigenvalue weighted by atomic mass is 9.94. The molecule has 3 aromatic rings. The minimum atomic E-state index is -0.964. The Labute approximate surface area is 230 Å². The van der Waals surface area contributed by atoms with Crippen molar-refractivity contribution in [3.05, 3.63) is 75.3 Å². The molecule has 5 rings (SSSR count). The zero-order valence-corrected chi connectivity index (χ0v) is 23.1. The van der Waals surface area contributed by atoms with Gasteiger partial charge in [0.2, 0.25) is 0 Å². The Bertz CT molecular complexity index is 1510. The molecular weight excluding hydrogens is 516 g/mol. The fourth-order valence-corrected chi connectivity index (χ4v) is 5.98. The summed E-state index contributed by atoms with van der Waals surface area (Å²) in [7, 11) is 0. The number of ether oxygens (including phenoxy) is 2. The molecule has 0 bridgehead atoms. The van der Waals surface area contributed by atoms with Crippen LogP contribution in [0.1, 0.15) is 71.7 Å². The third-order valence-corrected chi connectivity index (χ3v) is 8.12. The Morgan fingerprint density at radius 3 is 2.74 bits per heavy atom. The summed E-state index contributed by atoms with van der Waals surface area (Å²) < 4.78 is 11.7. The van der Waals surface area contributed by atoms with Crippen LogP contribution in [0.2, 0.25) is 0 Å². The van der Waals surface area contributed by atoms with E-state index in [-0.39, 0.29) is 28.4 Å². The van der Waals surface area contributed by atoms with Gasteiger partial charge in [-0.15, -0.1) is 0 Å². The van der Waals surface area contributed by atoms with Crippen molar-refractivity contribution in [1.29, 1.82) is 0 Å². The second kappa shape index (κ2) is 10.6. The Morgan fingerprint density at radius 1 is 1.23 bits per heavy atom. The van der Waals surface area contributed by atoms with E-state index in [1.165, 1.54) is 11.8 Å². The number of rotatable bonds is 8. The number of thiazole rings is 1. The number of benzene rings is 2. The van der Waals surface area contributed by atoms with Crippen molar-refractivity contribution < 1.29 is 29.0 Å². The molecular formula is C30H30N2O6S. The second-order valence-corrected chi connectivity index (χ2v) is 10.8. The molecule has 1 amide bonds. The molecule has 202 valence electrons. The molecule has 3 heterocycles. The van der Waals surface area contributed by atoms with Crippen LogP contribution in [0, 0.1) is 6.92 Å². The highest BCUT2D eigenvalue weighted by Gasteiger charge is 2.48. The van der Waals surface area contributed by atoms with Crippen LogP contribution < -0.4 is 14.4 Å².